The minimum absolute atomic E-state index is 0.00416. The number of carbonyl (C=O) groups is 4. The fraction of sp³-hybridized carbons (Fsp3) is 0.267. The van der Waals surface area contributed by atoms with Gasteiger partial charge in [-0.2, -0.15) is 8.61 Å². The second-order valence-electron chi connectivity index (χ2n) is 24.2. The van der Waals surface area contributed by atoms with Crippen molar-refractivity contribution in [3.8, 4) is 0 Å². The Hall–Kier alpha value is -9.49. The molecular formula is C75H84N11O12S5+. The molecule has 0 fully saturated rings. The summed E-state index contributed by atoms with van der Waals surface area (Å²) in [7, 11) is -4.73. The zero-order chi connectivity index (χ0) is 73.6. The molecule has 0 saturated carbocycles. The van der Waals surface area contributed by atoms with Gasteiger partial charge in [-0.05, 0) is 90.2 Å². The largest absolute Gasteiger partial charge is 0.453 e. The average molecular weight is 1490 g/mol. The summed E-state index contributed by atoms with van der Waals surface area (Å²) in [5.74, 6) is -3.03. The number of sulfonamides is 2. The number of benzene rings is 7. The summed E-state index contributed by atoms with van der Waals surface area (Å²) < 4.78 is 75.0. The van der Waals surface area contributed by atoms with Crippen LogP contribution in [0.3, 0.4) is 0 Å². The SMILES string of the molecule is CNC=C(CN(C(CO)CSc1cc[n+](CC(C)CCN(C(CO)CSc2ccccc2NC(=O)C(NC(=O)OC)C(c2ccccc2)c2ccccc2)S(=O)(=O)c2ccc(N)cc2)cc1NC(=O)C(NC(=O)OC)C(c1ccccc1)c1ccccc1)S(=O)(=O)c1ccc2ncsc2c1)C(C)=N. The van der Waals surface area contributed by atoms with E-state index in [1.54, 1.807) is 61.4 Å². The molecule has 4 amide bonds. The highest BCUT2D eigenvalue weighted by Crippen LogP contribution is 2.37. The number of alkyl carbamates (subject to hydrolysis) is 2. The molecule has 9 rings (SSSR count). The number of hydrogen-bond donors (Lipinski definition) is 9. The quantitative estimate of drug-likeness (QED) is 0.00771. The Morgan fingerprint density at radius 3 is 1.60 bits per heavy atom. The van der Waals surface area contributed by atoms with Crippen molar-refractivity contribution in [3.05, 3.63) is 246 Å². The van der Waals surface area contributed by atoms with Crippen molar-refractivity contribution < 1.29 is 60.3 Å². The van der Waals surface area contributed by atoms with Crippen LogP contribution in [0.5, 0.6) is 0 Å². The predicted molar refractivity (Wildman–Crippen MR) is 404 cm³/mol. The van der Waals surface area contributed by atoms with E-state index in [1.807, 2.05) is 133 Å². The molecule has 0 radical (unpaired) electrons. The minimum Gasteiger partial charge on any atom is -0.453 e. The molecule has 0 spiro atoms. The highest BCUT2D eigenvalue weighted by molar-refractivity contribution is 7.99. The topological polar surface area (TPSA) is 329 Å². The fourth-order valence-electron chi connectivity index (χ4n) is 11.8. The molecule has 0 aliphatic carbocycles. The number of nitrogens with two attached hydrogens (primary N) is 1. The first-order valence-electron chi connectivity index (χ1n) is 32.9. The Morgan fingerprint density at radius 1 is 0.641 bits per heavy atom. The van der Waals surface area contributed by atoms with Crippen LogP contribution in [0.25, 0.3) is 10.2 Å². The summed E-state index contributed by atoms with van der Waals surface area (Å²) in [5, 5.41) is 45.8. The number of thioether (sulfide) groups is 2. The molecule has 5 unspecified atom stereocenters. The Morgan fingerprint density at radius 2 is 1.11 bits per heavy atom. The summed E-state index contributed by atoms with van der Waals surface area (Å²) in [6.45, 7) is 2.04. The summed E-state index contributed by atoms with van der Waals surface area (Å²) in [6, 6.07) is 51.4. The molecule has 540 valence electrons. The van der Waals surface area contributed by atoms with E-state index in [9.17, 15) is 33.0 Å². The van der Waals surface area contributed by atoms with Gasteiger partial charge in [-0.3, -0.25) is 9.59 Å². The van der Waals surface area contributed by atoms with E-state index in [0.29, 0.717) is 48.1 Å². The predicted octanol–water partition coefficient (Wildman–Crippen LogP) is 10.3. The molecule has 0 saturated heterocycles. The van der Waals surface area contributed by atoms with Crippen molar-refractivity contribution in [1.82, 2.24) is 29.5 Å². The van der Waals surface area contributed by atoms with Crippen molar-refractivity contribution in [2.75, 3.05) is 75.4 Å². The molecule has 0 aliphatic rings. The molecule has 10 N–H and O–H groups in total. The number of nitrogens with one attached hydrogen (secondary N) is 6. The van der Waals surface area contributed by atoms with Gasteiger partial charge in [-0.15, -0.1) is 34.9 Å². The lowest BCUT2D eigenvalue weighted by Gasteiger charge is -2.31. The summed E-state index contributed by atoms with van der Waals surface area (Å²) in [6.07, 6.45) is 3.51. The van der Waals surface area contributed by atoms with Crippen molar-refractivity contribution >= 4 is 112 Å². The van der Waals surface area contributed by atoms with Gasteiger partial charge in [-0.25, -0.2) is 36.0 Å². The zero-order valence-corrected chi connectivity index (χ0v) is 61.4. The van der Waals surface area contributed by atoms with Crippen LogP contribution in [-0.2, 0) is 45.7 Å². The number of aliphatic hydroxyl groups excluding tert-OH is 2. The maximum Gasteiger partial charge on any atom is 0.407 e. The zero-order valence-electron chi connectivity index (χ0n) is 57.4. The first-order chi connectivity index (χ1) is 49.7. The lowest BCUT2D eigenvalue weighted by atomic mass is 9.84. The maximum atomic E-state index is 15.4. The third kappa shape index (κ3) is 20.2. The number of aliphatic hydroxyl groups is 2. The Bertz CT molecular complexity index is 4530. The number of thiazole rings is 1. The molecule has 9 aromatic rings. The van der Waals surface area contributed by atoms with Crippen LogP contribution < -0.4 is 36.9 Å². The van der Waals surface area contributed by atoms with Crippen LogP contribution in [0.15, 0.2) is 243 Å². The number of pyridine rings is 1. The number of aromatic nitrogens is 2. The Kier molecular flexibility index (Phi) is 28.0. The van der Waals surface area contributed by atoms with Gasteiger partial charge in [0, 0.05) is 88.4 Å². The molecular weight excluding hydrogens is 1410 g/mol. The third-order valence-electron chi connectivity index (χ3n) is 17.2. The van der Waals surface area contributed by atoms with Crippen LogP contribution in [0, 0.1) is 11.3 Å². The van der Waals surface area contributed by atoms with Crippen molar-refractivity contribution in [1.29, 1.82) is 5.41 Å². The molecule has 0 aliphatic heterocycles. The molecule has 7 aromatic carbocycles. The monoisotopic (exact) mass is 1490 g/mol. The first kappa shape index (κ1) is 77.7. The minimum atomic E-state index is -4.40. The van der Waals surface area contributed by atoms with Gasteiger partial charge in [-0.1, -0.05) is 140 Å². The van der Waals surface area contributed by atoms with E-state index in [4.69, 9.17) is 20.6 Å². The molecule has 23 nitrogen and oxygen atoms in total. The van der Waals surface area contributed by atoms with Gasteiger partial charge in [0.2, 0.25) is 31.9 Å². The van der Waals surface area contributed by atoms with E-state index in [-0.39, 0.29) is 64.7 Å². The summed E-state index contributed by atoms with van der Waals surface area (Å²) >= 11 is 3.64. The van der Waals surface area contributed by atoms with Crippen molar-refractivity contribution in [2.24, 2.45) is 5.92 Å². The second-order valence-corrected chi connectivity index (χ2v) is 31.0. The van der Waals surface area contributed by atoms with Gasteiger partial charge < -0.3 is 57.4 Å². The molecule has 103 heavy (non-hydrogen) atoms. The van der Waals surface area contributed by atoms with E-state index < -0.39 is 93.3 Å². The van der Waals surface area contributed by atoms with E-state index >= 15 is 13.2 Å². The smallest absolute Gasteiger partial charge is 0.407 e. The van der Waals surface area contributed by atoms with Crippen LogP contribution >= 0.6 is 34.9 Å². The fourth-order valence-corrected chi connectivity index (χ4v) is 18.2. The summed E-state index contributed by atoms with van der Waals surface area (Å²) in [4.78, 5) is 61.7. The lowest BCUT2D eigenvalue weighted by Crippen LogP contribution is -2.48. The molecule has 2 aromatic heterocycles. The summed E-state index contributed by atoms with van der Waals surface area (Å²) in [5.41, 5.74) is 12.6. The lowest BCUT2D eigenvalue weighted by molar-refractivity contribution is -0.702. The van der Waals surface area contributed by atoms with Crippen LogP contribution in [0.2, 0.25) is 0 Å². The number of para-hydroxylation sites is 1. The van der Waals surface area contributed by atoms with Gasteiger partial charge in [0.15, 0.2) is 18.9 Å². The number of carbonyl (C=O) groups excluding carboxylic acids is 4. The third-order valence-corrected chi connectivity index (χ3v) is 24.2. The van der Waals surface area contributed by atoms with Gasteiger partial charge in [0.05, 0.1) is 70.7 Å². The Labute approximate surface area is 612 Å². The molecule has 2 heterocycles. The number of amides is 4. The number of anilines is 3. The van der Waals surface area contributed by atoms with Gasteiger partial charge in [0.1, 0.15) is 17.8 Å². The standard InChI is InChI=1S/C75H83N11O12S5/c1-50(36-39-85(102(93,94)60-32-30-57(77)31-33-60)58(45-87)47-99-65-29-19-18-28-63(65)80-72(89)70(82-74(91)97-4)68(52-20-10-6-11-21-52)53-22-12-7-13-23-53)42-84-38-37-66(64(44-84)81-73(90)71(83-75(92)98-5)69(54-24-14-8-15-25-54)55-26-16-9-17-27-55)100-48-59(46-88)86(43-56(41-78-3)51(2)76)103(95,96)61-34-35-62-67(40-61)101-49-79-62/h6-35,37-38,40-41,44,49-50,58-59,68-71,87-88H,36,39,42-43,45-48,77H2,1-5H3,(H5-,76,78,80,81,82,83,89,90,91,92)/p+1. The molecule has 28 heteroatoms. The molecule has 5 atom stereocenters. The number of ether oxygens (including phenoxy) is 2. The first-order valence-corrected chi connectivity index (χ1v) is 38.6. The average Bonchev–Trinajstić information content (AvgIpc) is 1.73. The van der Waals surface area contributed by atoms with Crippen molar-refractivity contribution in [2.45, 2.75) is 82.4 Å². The highest BCUT2D eigenvalue weighted by Gasteiger charge is 2.38. The number of rotatable bonds is 35. The number of methoxy groups -OCH3 is 2. The second kappa shape index (κ2) is 37.1. The van der Waals surface area contributed by atoms with Crippen molar-refractivity contribution in [3.63, 3.8) is 0 Å². The highest BCUT2D eigenvalue weighted by atomic mass is 32.2. The Balaban J connectivity index is 1.02. The number of fused-ring (bicyclic) bond motifs is 1. The van der Waals surface area contributed by atoms with Crippen LogP contribution in [0.4, 0.5) is 26.7 Å². The number of nitrogen functional groups attached to an aromatic ring is 1. The van der Waals surface area contributed by atoms with E-state index in [2.05, 4.69) is 31.6 Å². The maximum absolute atomic E-state index is 15.4. The number of hydrogen-bond acceptors (Lipinski definition) is 19. The van der Waals surface area contributed by atoms with Gasteiger partial charge in [0.25, 0.3) is 0 Å². The van der Waals surface area contributed by atoms with Crippen LogP contribution in [0.1, 0.15) is 54.4 Å². The van der Waals surface area contributed by atoms with E-state index in [0.717, 1.165) is 22.9 Å². The number of nitrogens with zero attached hydrogens (tertiary/aromatic N) is 4. The normalized spacial score (nSPS) is 13.4. The van der Waals surface area contributed by atoms with E-state index in [1.165, 1.54) is 95.5 Å². The van der Waals surface area contributed by atoms with Crippen LogP contribution in [-0.4, -0.2) is 154 Å². The van der Waals surface area contributed by atoms with Gasteiger partial charge >= 0.3 is 12.2 Å². The molecule has 0 bridgehead atoms.